The molecule has 0 aliphatic heterocycles. The first-order chi connectivity index (χ1) is 23.2. The van der Waals surface area contributed by atoms with Gasteiger partial charge in [-0.25, -0.2) is 0 Å². The van der Waals surface area contributed by atoms with Crippen LogP contribution in [0.1, 0.15) is 0 Å². The molecule has 4 aromatic carbocycles. The monoisotopic (exact) mass is 656 g/mol. The van der Waals surface area contributed by atoms with E-state index in [1.165, 1.54) is 54.8 Å². The minimum atomic E-state index is -0.546. The number of aromatic hydroxyl groups is 2. The van der Waals surface area contributed by atoms with E-state index in [4.69, 9.17) is 37.3 Å². The second-order valence-corrected chi connectivity index (χ2v) is 10.0. The minimum Gasteiger partial charge on any atom is -0.502 e. The highest BCUT2D eigenvalue weighted by Crippen LogP contribution is 2.42. The number of para-hydroxylation sites is 1. The Labute approximate surface area is 273 Å². The fraction of sp³-hybridized carbons (Fsp3) is 0.167. The predicted molar refractivity (Wildman–Crippen MR) is 178 cm³/mol. The molecule has 6 rings (SSSR count). The van der Waals surface area contributed by atoms with Gasteiger partial charge in [-0.3, -0.25) is 9.59 Å². The molecule has 0 aliphatic rings. The molecule has 0 spiro atoms. The number of rotatable bonds is 8. The highest BCUT2D eigenvalue weighted by atomic mass is 16.5. The van der Waals surface area contributed by atoms with Crippen molar-refractivity contribution in [1.29, 1.82) is 0 Å². The van der Waals surface area contributed by atoms with E-state index in [1.54, 1.807) is 60.7 Å². The summed E-state index contributed by atoms with van der Waals surface area (Å²) in [7, 11) is 9.00. The summed E-state index contributed by atoms with van der Waals surface area (Å²) in [5.41, 5.74) is 0.456. The Hall–Kier alpha value is -6.30. The van der Waals surface area contributed by atoms with Gasteiger partial charge < -0.3 is 47.5 Å². The number of methoxy groups -OCH3 is 6. The summed E-state index contributed by atoms with van der Waals surface area (Å²) in [5.74, 6) is 1.92. The molecule has 48 heavy (non-hydrogen) atoms. The zero-order chi connectivity index (χ0) is 34.5. The number of hydrogen-bond donors (Lipinski definition) is 2. The van der Waals surface area contributed by atoms with Crippen molar-refractivity contribution < 1.29 is 47.5 Å². The largest absolute Gasteiger partial charge is 0.502 e. The molecule has 0 fully saturated rings. The van der Waals surface area contributed by atoms with Crippen LogP contribution in [0.5, 0.6) is 46.0 Å². The maximum atomic E-state index is 12.5. The standard InChI is InChI=1S/2C18H16O6/c1-21-10-5-7-14-13(8-10)16(19)17(20)18(24-14)12-6-4-11(22-2)9-15(12)23-3;1-21-10-7-8-13-12(9-10)15(19)16(20)18(24-13)11-5-4-6-14(22-2)17(11)23-3/h2*4-9,20H,1-3H3. The molecule has 0 atom stereocenters. The number of benzene rings is 4. The summed E-state index contributed by atoms with van der Waals surface area (Å²) in [4.78, 5) is 25.0. The molecular weight excluding hydrogens is 624 g/mol. The number of ether oxygens (including phenoxy) is 6. The summed E-state index contributed by atoms with van der Waals surface area (Å²) in [6, 6.07) is 19.7. The number of fused-ring (bicyclic) bond motifs is 2. The van der Waals surface area contributed by atoms with Crippen LogP contribution >= 0.6 is 0 Å². The zero-order valence-corrected chi connectivity index (χ0v) is 26.9. The molecule has 0 bridgehead atoms. The van der Waals surface area contributed by atoms with Crippen LogP contribution in [0.25, 0.3) is 44.6 Å². The third-order valence-electron chi connectivity index (χ3n) is 7.45. The molecule has 12 heteroatoms. The highest BCUT2D eigenvalue weighted by molar-refractivity contribution is 5.85. The lowest BCUT2D eigenvalue weighted by atomic mass is 10.1. The second kappa shape index (κ2) is 14.0. The molecule has 248 valence electrons. The average Bonchev–Trinajstić information content (AvgIpc) is 3.13. The first-order valence-electron chi connectivity index (χ1n) is 14.3. The van der Waals surface area contributed by atoms with E-state index in [0.29, 0.717) is 56.8 Å². The van der Waals surface area contributed by atoms with Crippen molar-refractivity contribution in [2.75, 3.05) is 42.7 Å². The van der Waals surface area contributed by atoms with Gasteiger partial charge in [0.1, 0.15) is 34.2 Å². The Kier molecular flexibility index (Phi) is 9.64. The van der Waals surface area contributed by atoms with Gasteiger partial charge in [-0.05, 0) is 60.7 Å². The van der Waals surface area contributed by atoms with E-state index in [0.717, 1.165) is 0 Å². The molecular formula is C36H32O12. The molecule has 0 unspecified atom stereocenters. The third kappa shape index (κ3) is 6.10. The smallest absolute Gasteiger partial charge is 0.235 e. The van der Waals surface area contributed by atoms with Crippen LogP contribution in [0.4, 0.5) is 0 Å². The molecule has 0 radical (unpaired) electrons. The first-order valence-corrected chi connectivity index (χ1v) is 14.3. The van der Waals surface area contributed by atoms with Crippen molar-refractivity contribution in [3.8, 4) is 68.6 Å². The summed E-state index contributed by atoms with van der Waals surface area (Å²) in [5, 5.41) is 21.2. The van der Waals surface area contributed by atoms with E-state index in [1.807, 2.05) is 0 Å². The Balaban J connectivity index is 0.000000188. The highest BCUT2D eigenvalue weighted by Gasteiger charge is 2.22. The average molecular weight is 657 g/mol. The normalized spacial score (nSPS) is 10.6. The van der Waals surface area contributed by atoms with Crippen LogP contribution in [0.3, 0.4) is 0 Å². The van der Waals surface area contributed by atoms with E-state index in [2.05, 4.69) is 0 Å². The fourth-order valence-corrected chi connectivity index (χ4v) is 5.00. The molecule has 0 saturated heterocycles. The van der Waals surface area contributed by atoms with Gasteiger partial charge >= 0.3 is 0 Å². The maximum absolute atomic E-state index is 12.5. The van der Waals surface area contributed by atoms with E-state index < -0.39 is 22.4 Å². The van der Waals surface area contributed by atoms with Crippen LogP contribution in [-0.4, -0.2) is 52.9 Å². The van der Waals surface area contributed by atoms with Gasteiger partial charge in [0.25, 0.3) is 0 Å². The van der Waals surface area contributed by atoms with Crippen LogP contribution in [0, 0.1) is 0 Å². The molecule has 2 heterocycles. The Morgan fingerprint density at radius 1 is 0.500 bits per heavy atom. The van der Waals surface area contributed by atoms with Crippen molar-refractivity contribution in [2.24, 2.45) is 0 Å². The third-order valence-corrected chi connectivity index (χ3v) is 7.45. The van der Waals surface area contributed by atoms with Crippen molar-refractivity contribution in [3.63, 3.8) is 0 Å². The van der Waals surface area contributed by atoms with Gasteiger partial charge in [0.15, 0.2) is 23.0 Å². The van der Waals surface area contributed by atoms with E-state index >= 15 is 0 Å². The first kappa shape index (κ1) is 33.1. The Morgan fingerprint density at radius 2 is 0.979 bits per heavy atom. The molecule has 0 amide bonds. The second-order valence-electron chi connectivity index (χ2n) is 10.0. The van der Waals surface area contributed by atoms with Gasteiger partial charge in [0.05, 0.1) is 64.6 Å². The lowest BCUT2D eigenvalue weighted by Crippen LogP contribution is -2.03. The van der Waals surface area contributed by atoms with E-state index in [9.17, 15) is 19.8 Å². The van der Waals surface area contributed by atoms with Gasteiger partial charge in [0, 0.05) is 6.07 Å². The SMILES string of the molecule is COc1ccc(-c2oc3ccc(OC)cc3c(=O)c2O)c(OC)c1.COc1ccc2oc(-c3cccc(OC)c3OC)c(O)c(=O)c2c1. The predicted octanol–water partition coefficient (Wildman–Crippen LogP) is 6.38. The van der Waals surface area contributed by atoms with Crippen molar-refractivity contribution in [1.82, 2.24) is 0 Å². The molecule has 6 aromatic rings. The quantitative estimate of drug-likeness (QED) is 0.187. The zero-order valence-electron chi connectivity index (χ0n) is 26.9. The van der Waals surface area contributed by atoms with Crippen molar-refractivity contribution in [2.45, 2.75) is 0 Å². The summed E-state index contributed by atoms with van der Waals surface area (Å²) >= 11 is 0. The Morgan fingerprint density at radius 3 is 1.46 bits per heavy atom. The summed E-state index contributed by atoms with van der Waals surface area (Å²) in [6.07, 6.45) is 0. The maximum Gasteiger partial charge on any atom is 0.235 e. The van der Waals surface area contributed by atoms with E-state index in [-0.39, 0.29) is 22.3 Å². The summed E-state index contributed by atoms with van der Waals surface area (Å²) in [6.45, 7) is 0. The topological polar surface area (TPSA) is 156 Å². The van der Waals surface area contributed by atoms with Gasteiger partial charge in [-0.15, -0.1) is 0 Å². The lowest BCUT2D eigenvalue weighted by Gasteiger charge is -2.13. The number of hydrogen-bond acceptors (Lipinski definition) is 12. The van der Waals surface area contributed by atoms with Crippen LogP contribution in [0.2, 0.25) is 0 Å². The van der Waals surface area contributed by atoms with Crippen LogP contribution in [0.15, 0.2) is 91.2 Å². The Bertz CT molecular complexity index is 2230. The fourth-order valence-electron chi connectivity index (χ4n) is 5.00. The van der Waals surface area contributed by atoms with Crippen LogP contribution < -0.4 is 39.3 Å². The van der Waals surface area contributed by atoms with Gasteiger partial charge in [0.2, 0.25) is 22.4 Å². The molecule has 0 saturated carbocycles. The molecule has 2 N–H and O–H groups in total. The summed E-state index contributed by atoms with van der Waals surface area (Å²) < 4.78 is 42.8. The molecule has 12 nitrogen and oxygen atoms in total. The van der Waals surface area contributed by atoms with Gasteiger partial charge in [-0.2, -0.15) is 0 Å². The minimum absolute atomic E-state index is 0.0217. The van der Waals surface area contributed by atoms with Crippen molar-refractivity contribution >= 4 is 21.9 Å². The van der Waals surface area contributed by atoms with Gasteiger partial charge in [-0.1, -0.05) is 6.07 Å². The lowest BCUT2D eigenvalue weighted by molar-refractivity contribution is 0.354. The van der Waals surface area contributed by atoms with Crippen molar-refractivity contribution in [3.05, 3.63) is 93.2 Å². The molecule has 0 aliphatic carbocycles. The van der Waals surface area contributed by atoms with Crippen LogP contribution in [-0.2, 0) is 0 Å². The molecule has 2 aromatic heterocycles.